The van der Waals surface area contributed by atoms with Crippen molar-refractivity contribution in [3.05, 3.63) is 0 Å². The number of carbonyl (C=O) groups excluding carboxylic acids is 1. The van der Waals surface area contributed by atoms with Crippen molar-refractivity contribution in [3.8, 4) is 0 Å². The highest BCUT2D eigenvalue weighted by molar-refractivity contribution is 5.77. The Hall–Kier alpha value is -0.610. The van der Waals surface area contributed by atoms with E-state index in [4.69, 9.17) is 4.74 Å². The molecule has 0 aliphatic carbocycles. The molecule has 0 radical (unpaired) electrons. The van der Waals surface area contributed by atoms with Crippen LogP contribution < -0.4 is 0 Å². The monoisotopic (exact) mass is 184 g/mol. The lowest BCUT2D eigenvalue weighted by molar-refractivity contribution is -0.132. The summed E-state index contributed by atoms with van der Waals surface area (Å²) in [5, 5.41) is 0. The molecular formula is C9H16N2O2. The van der Waals surface area contributed by atoms with Crippen molar-refractivity contribution in [2.75, 3.05) is 33.4 Å². The molecule has 0 unspecified atom stereocenters. The van der Waals surface area contributed by atoms with Crippen LogP contribution in [-0.4, -0.2) is 55.2 Å². The Kier molecular flexibility index (Phi) is 2.51. The lowest BCUT2D eigenvalue weighted by atomic mass is 10.2. The maximum atomic E-state index is 11.3. The molecule has 0 bridgehead atoms. The van der Waals surface area contributed by atoms with E-state index in [2.05, 4.69) is 4.90 Å². The maximum Gasteiger partial charge on any atom is 0.223 e. The second kappa shape index (κ2) is 3.64. The van der Waals surface area contributed by atoms with E-state index in [1.54, 1.807) is 7.11 Å². The quantitative estimate of drug-likeness (QED) is 0.614. The van der Waals surface area contributed by atoms with Gasteiger partial charge in [0.25, 0.3) is 0 Å². The first-order valence-electron chi connectivity index (χ1n) is 4.82. The van der Waals surface area contributed by atoms with Crippen LogP contribution in [0.5, 0.6) is 0 Å². The summed E-state index contributed by atoms with van der Waals surface area (Å²) in [4.78, 5) is 15.5. The summed E-state index contributed by atoms with van der Waals surface area (Å²) >= 11 is 0. The van der Waals surface area contributed by atoms with Crippen LogP contribution in [0.15, 0.2) is 0 Å². The first-order valence-corrected chi connectivity index (χ1v) is 4.82. The summed E-state index contributed by atoms with van der Waals surface area (Å²) in [6.07, 6.45) is 2.15. The van der Waals surface area contributed by atoms with Crippen molar-refractivity contribution in [1.29, 1.82) is 0 Å². The largest absolute Gasteiger partial charge is 0.379 e. The lowest BCUT2D eigenvalue weighted by Crippen LogP contribution is -2.55. The Bertz CT molecular complexity index is 202. The van der Waals surface area contributed by atoms with Gasteiger partial charge in [0.05, 0.1) is 12.8 Å². The van der Waals surface area contributed by atoms with Gasteiger partial charge in [0, 0.05) is 33.2 Å². The van der Waals surface area contributed by atoms with Gasteiger partial charge in [-0.1, -0.05) is 0 Å². The van der Waals surface area contributed by atoms with Gasteiger partial charge < -0.3 is 9.64 Å². The van der Waals surface area contributed by atoms with E-state index in [1.165, 1.54) is 0 Å². The third kappa shape index (κ3) is 1.84. The summed E-state index contributed by atoms with van der Waals surface area (Å²) in [5.74, 6) is 0.306. The summed E-state index contributed by atoms with van der Waals surface area (Å²) < 4.78 is 5.16. The molecule has 4 nitrogen and oxygen atoms in total. The molecule has 2 aliphatic rings. The fourth-order valence-corrected chi connectivity index (χ4v) is 1.88. The highest BCUT2D eigenvalue weighted by atomic mass is 16.5. The molecule has 0 saturated carbocycles. The zero-order chi connectivity index (χ0) is 9.26. The van der Waals surface area contributed by atoms with E-state index >= 15 is 0 Å². The third-order valence-electron chi connectivity index (χ3n) is 2.80. The van der Waals surface area contributed by atoms with Crippen LogP contribution >= 0.6 is 0 Å². The number of rotatable bonds is 3. The average molecular weight is 184 g/mol. The zero-order valence-corrected chi connectivity index (χ0v) is 8.03. The Morgan fingerprint density at radius 3 is 2.85 bits per heavy atom. The fourth-order valence-electron chi connectivity index (χ4n) is 1.88. The van der Waals surface area contributed by atoms with Crippen LogP contribution in [0.3, 0.4) is 0 Å². The van der Waals surface area contributed by atoms with Crippen molar-refractivity contribution < 1.29 is 9.53 Å². The molecule has 2 heterocycles. The average Bonchev–Trinajstić information content (AvgIpc) is 2.43. The molecule has 0 spiro atoms. The van der Waals surface area contributed by atoms with E-state index < -0.39 is 0 Å². The second-order valence-corrected chi connectivity index (χ2v) is 3.80. The number of ether oxygens (including phenoxy) is 1. The molecule has 0 aromatic rings. The number of carbonyl (C=O) groups is 1. The van der Waals surface area contributed by atoms with E-state index in [0.717, 1.165) is 39.1 Å². The number of hydrogen-bond acceptors (Lipinski definition) is 3. The summed E-state index contributed by atoms with van der Waals surface area (Å²) in [6, 6.07) is 0. The molecule has 2 aliphatic heterocycles. The van der Waals surface area contributed by atoms with Crippen molar-refractivity contribution in [3.63, 3.8) is 0 Å². The van der Waals surface area contributed by atoms with Crippen LogP contribution in [0.2, 0.25) is 0 Å². The van der Waals surface area contributed by atoms with Gasteiger partial charge >= 0.3 is 0 Å². The smallest absolute Gasteiger partial charge is 0.223 e. The molecule has 2 saturated heterocycles. The first kappa shape index (κ1) is 8.97. The van der Waals surface area contributed by atoms with Crippen molar-refractivity contribution in [1.82, 2.24) is 9.80 Å². The summed E-state index contributed by atoms with van der Waals surface area (Å²) in [7, 11) is 1.74. The Morgan fingerprint density at radius 2 is 2.31 bits per heavy atom. The highest BCUT2D eigenvalue weighted by Crippen LogP contribution is 2.15. The Balaban J connectivity index is 1.71. The van der Waals surface area contributed by atoms with Gasteiger partial charge in [-0.3, -0.25) is 9.69 Å². The van der Waals surface area contributed by atoms with Crippen molar-refractivity contribution in [2.45, 2.75) is 18.9 Å². The number of nitrogens with zero attached hydrogens (tertiary/aromatic N) is 2. The van der Waals surface area contributed by atoms with Crippen molar-refractivity contribution >= 4 is 5.91 Å². The molecule has 0 atom stereocenters. The molecule has 1 amide bonds. The molecule has 13 heavy (non-hydrogen) atoms. The predicted molar refractivity (Wildman–Crippen MR) is 48.2 cm³/mol. The van der Waals surface area contributed by atoms with Gasteiger partial charge in [0.2, 0.25) is 5.91 Å². The Labute approximate surface area is 78.4 Å². The molecule has 74 valence electrons. The molecular weight excluding hydrogens is 168 g/mol. The fraction of sp³-hybridized carbons (Fsp3) is 0.889. The molecule has 2 rings (SSSR count). The SMILES string of the molecule is COC1CN(CN2CCCC2=O)C1. The van der Waals surface area contributed by atoms with E-state index in [0.29, 0.717) is 12.0 Å². The van der Waals surface area contributed by atoms with Gasteiger partial charge in [-0.2, -0.15) is 0 Å². The zero-order valence-electron chi connectivity index (χ0n) is 8.03. The number of methoxy groups -OCH3 is 1. The lowest BCUT2D eigenvalue weighted by Gasteiger charge is -2.40. The normalized spacial score (nSPS) is 25.3. The minimum Gasteiger partial charge on any atom is -0.379 e. The molecule has 4 heteroatoms. The van der Waals surface area contributed by atoms with Gasteiger partial charge in [0.15, 0.2) is 0 Å². The summed E-state index contributed by atoms with van der Waals surface area (Å²) in [5.41, 5.74) is 0. The van der Waals surface area contributed by atoms with Crippen LogP contribution in [0.1, 0.15) is 12.8 Å². The minimum absolute atomic E-state index is 0.306. The van der Waals surface area contributed by atoms with Gasteiger partial charge in [-0.25, -0.2) is 0 Å². The predicted octanol–water partition coefficient (Wildman–Crippen LogP) is -0.103. The van der Waals surface area contributed by atoms with Crippen LogP contribution in [-0.2, 0) is 9.53 Å². The minimum atomic E-state index is 0.306. The summed E-state index contributed by atoms with van der Waals surface area (Å²) in [6.45, 7) is 3.69. The first-order chi connectivity index (χ1) is 6.29. The van der Waals surface area contributed by atoms with Gasteiger partial charge in [-0.15, -0.1) is 0 Å². The Morgan fingerprint density at radius 1 is 1.54 bits per heavy atom. The van der Waals surface area contributed by atoms with Crippen molar-refractivity contribution in [2.24, 2.45) is 0 Å². The highest BCUT2D eigenvalue weighted by Gasteiger charge is 2.30. The van der Waals surface area contributed by atoms with Gasteiger partial charge in [-0.05, 0) is 6.42 Å². The molecule has 2 fully saturated rings. The number of likely N-dealkylation sites (tertiary alicyclic amines) is 2. The number of hydrogen-bond donors (Lipinski definition) is 0. The molecule has 0 aromatic heterocycles. The topological polar surface area (TPSA) is 32.8 Å². The van der Waals surface area contributed by atoms with Crippen LogP contribution in [0.4, 0.5) is 0 Å². The van der Waals surface area contributed by atoms with Crippen LogP contribution in [0, 0.1) is 0 Å². The molecule has 0 aromatic carbocycles. The van der Waals surface area contributed by atoms with Gasteiger partial charge in [0.1, 0.15) is 0 Å². The standard InChI is InChI=1S/C9H16N2O2/c1-13-8-5-10(6-8)7-11-4-2-3-9(11)12/h8H,2-7H2,1H3. The second-order valence-electron chi connectivity index (χ2n) is 3.80. The van der Waals surface area contributed by atoms with E-state index in [-0.39, 0.29) is 0 Å². The van der Waals surface area contributed by atoms with Crippen LogP contribution in [0.25, 0.3) is 0 Å². The molecule has 0 N–H and O–H groups in total. The van der Waals surface area contributed by atoms with E-state index in [9.17, 15) is 4.79 Å². The number of amides is 1. The van der Waals surface area contributed by atoms with E-state index in [1.807, 2.05) is 4.90 Å². The third-order valence-corrected chi connectivity index (χ3v) is 2.80. The maximum absolute atomic E-state index is 11.3.